The van der Waals surface area contributed by atoms with Gasteiger partial charge in [-0.05, 0) is 24.1 Å². The molecule has 4 heteroatoms. The smallest absolute Gasteiger partial charge is 0.319 e. The molecule has 0 saturated heterocycles. The van der Waals surface area contributed by atoms with Crippen LogP contribution in [-0.4, -0.2) is 19.7 Å². The van der Waals surface area contributed by atoms with Crippen LogP contribution >= 0.6 is 0 Å². The predicted molar refractivity (Wildman–Crippen MR) is 89.5 cm³/mol. The lowest BCUT2D eigenvalue weighted by Gasteiger charge is -2.17. The van der Waals surface area contributed by atoms with Gasteiger partial charge in [0.15, 0.2) is 0 Å². The van der Waals surface area contributed by atoms with E-state index in [2.05, 4.69) is 29.7 Å². The average molecular weight is 298 g/mol. The number of methoxy groups -OCH3 is 1. The lowest BCUT2D eigenvalue weighted by atomic mass is 9.97. The Hall–Kier alpha value is -2.49. The zero-order valence-electron chi connectivity index (χ0n) is 13.0. The van der Waals surface area contributed by atoms with Gasteiger partial charge in [-0.2, -0.15) is 0 Å². The fraction of sp³-hybridized carbons (Fsp3) is 0.278. The molecule has 116 valence electrons. The second-order valence-corrected chi connectivity index (χ2v) is 5.05. The number of carbonyl (C=O) groups is 1. The first-order valence-electron chi connectivity index (χ1n) is 7.47. The molecular formula is C18H22N2O2. The van der Waals surface area contributed by atoms with Crippen molar-refractivity contribution in [1.29, 1.82) is 0 Å². The maximum Gasteiger partial charge on any atom is 0.319 e. The monoisotopic (exact) mass is 298 g/mol. The van der Waals surface area contributed by atoms with Crippen molar-refractivity contribution in [3.63, 3.8) is 0 Å². The van der Waals surface area contributed by atoms with Crippen molar-refractivity contribution in [3.05, 3.63) is 60.2 Å². The van der Waals surface area contributed by atoms with Crippen molar-refractivity contribution in [2.75, 3.05) is 19.0 Å². The largest absolute Gasteiger partial charge is 0.495 e. The lowest BCUT2D eigenvalue weighted by Crippen LogP contribution is -2.32. The summed E-state index contributed by atoms with van der Waals surface area (Å²) in [6.45, 7) is 2.72. The van der Waals surface area contributed by atoms with E-state index < -0.39 is 0 Å². The van der Waals surface area contributed by atoms with E-state index in [0.29, 0.717) is 23.9 Å². The van der Waals surface area contributed by atoms with E-state index in [-0.39, 0.29) is 6.03 Å². The predicted octanol–water partition coefficient (Wildman–Crippen LogP) is 4.01. The number of anilines is 1. The standard InChI is InChI=1S/C18H22N2O2/c1-3-14(15-9-5-4-6-10-15)13-19-18(21)20-16-11-7-8-12-17(16)22-2/h4-12,14H,3,13H2,1-2H3,(H2,19,20,21). The molecule has 0 saturated carbocycles. The first-order chi connectivity index (χ1) is 10.7. The normalized spacial score (nSPS) is 11.5. The lowest BCUT2D eigenvalue weighted by molar-refractivity contribution is 0.251. The molecule has 0 aromatic heterocycles. The summed E-state index contributed by atoms with van der Waals surface area (Å²) < 4.78 is 5.22. The Morgan fingerprint density at radius 2 is 1.77 bits per heavy atom. The summed E-state index contributed by atoms with van der Waals surface area (Å²) in [5.41, 5.74) is 1.90. The molecule has 0 aliphatic heterocycles. The van der Waals surface area contributed by atoms with E-state index >= 15 is 0 Å². The van der Waals surface area contributed by atoms with Crippen molar-refractivity contribution in [2.24, 2.45) is 0 Å². The summed E-state index contributed by atoms with van der Waals surface area (Å²) in [6, 6.07) is 17.3. The zero-order valence-corrected chi connectivity index (χ0v) is 13.0. The highest BCUT2D eigenvalue weighted by atomic mass is 16.5. The van der Waals surface area contributed by atoms with Crippen LogP contribution in [0, 0.1) is 0 Å². The average Bonchev–Trinajstić information content (AvgIpc) is 2.57. The van der Waals surface area contributed by atoms with Gasteiger partial charge in [-0.3, -0.25) is 0 Å². The number of rotatable bonds is 6. The van der Waals surface area contributed by atoms with Gasteiger partial charge in [0.2, 0.25) is 0 Å². The first kappa shape index (κ1) is 15.9. The Morgan fingerprint density at radius 3 is 2.45 bits per heavy atom. The quantitative estimate of drug-likeness (QED) is 0.846. The van der Waals surface area contributed by atoms with Gasteiger partial charge < -0.3 is 15.4 Å². The summed E-state index contributed by atoms with van der Waals surface area (Å²) in [7, 11) is 1.58. The molecule has 0 fully saturated rings. The number of nitrogens with one attached hydrogen (secondary N) is 2. The number of para-hydroxylation sites is 2. The van der Waals surface area contributed by atoms with Crippen LogP contribution in [-0.2, 0) is 0 Å². The van der Waals surface area contributed by atoms with Crippen LogP contribution in [0.25, 0.3) is 0 Å². The van der Waals surface area contributed by atoms with Gasteiger partial charge in [0.1, 0.15) is 5.75 Å². The second kappa shape index (κ2) is 8.08. The third-order valence-electron chi connectivity index (χ3n) is 3.63. The van der Waals surface area contributed by atoms with Gasteiger partial charge >= 0.3 is 6.03 Å². The van der Waals surface area contributed by atoms with E-state index in [1.54, 1.807) is 7.11 Å². The topological polar surface area (TPSA) is 50.4 Å². The van der Waals surface area contributed by atoms with E-state index in [9.17, 15) is 4.79 Å². The molecule has 2 amide bonds. The highest BCUT2D eigenvalue weighted by Gasteiger charge is 2.11. The Morgan fingerprint density at radius 1 is 1.09 bits per heavy atom. The Bertz CT molecular complexity index is 599. The third-order valence-corrected chi connectivity index (χ3v) is 3.63. The number of hydrogen-bond donors (Lipinski definition) is 2. The van der Waals surface area contributed by atoms with Crippen LogP contribution < -0.4 is 15.4 Å². The molecule has 0 bridgehead atoms. The number of benzene rings is 2. The summed E-state index contributed by atoms with van der Waals surface area (Å²) in [5.74, 6) is 0.956. The van der Waals surface area contributed by atoms with Crippen LogP contribution in [0.1, 0.15) is 24.8 Å². The molecule has 2 rings (SSSR count). The Balaban J connectivity index is 1.92. The number of carbonyl (C=O) groups excluding carboxylic acids is 1. The molecule has 0 radical (unpaired) electrons. The summed E-state index contributed by atoms with van der Waals surface area (Å²) in [4.78, 5) is 12.1. The molecule has 0 heterocycles. The molecule has 0 spiro atoms. The molecule has 4 nitrogen and oxygen atoms in total. The summed E-state index contributed by atoms with van der Waals surface area (Å²) >= 11 is 0. The first-order valence-corrected chi connectivity index (χ1v) is 7.47. The molecule has 2 aromatic carbocycles. The van der Waals surface area contributed by atoms with Gasteiger partial charge in [0.25, 0.3) is 0 Å². The number of ether oxygens (including phenoxy) is 1. The van der Waals surface area contributed by atoms with Crippen LogP contribution in [0.3, 0.4) is 0 Å². The minimum Gasteiger partial charge on any atom is -0.495 e. The van der Waals surface area contributed by atoms with Gasteiger partial charge in [0, 0.05) is 12.5 Å². The second-order valence-electron chi connectivity index (χ2n) is 5.05. The third kappa shape index (κ3) is 4.25. The van der Waals surface area contributed by atoms with Gasteiger partial charge in [-0.15, -0.1) is 0 Å². The molecule has 2 N–H and O–H groups in total. The minimum atomic E-state index is -0.223. The van der Waals surface area contributed by atoms with Crippen molar-refractivity contribution in [2.45, 2.75) is 19.3 Å². The van der Waals surface area contributed by atoms with Crippen molar-refractivity contribution in [3.8, 4) is 5.75 Å². The van der Waals surface area contributed by atoms with Gasteiger partial charge in [0.05, 0.1) is 12.8 Å². The minimum absolute atomic E-state index is 0.223. The summed E-state index contributed by atoms with van der Waals surface area (Å²) in [5, 5.41) is 5.74. The number of amides is 2. The fourth-order valence-corrected chi connectivity index (χ4v) is 2.35. The SMILES string of the molecule is CCC(CNC(=O)Nc1ccccc1OC)c1ccccc1. The van der Waals surface area contributed by atoms with E-state index in [1.165, 1.54) is 5.56 Å². The zero-order chi connectivity index (χ0) is 15.8. The number of urea groups is 1. The van der Waals surface area contributed by atoms with Crippen LogP contribution in [0.4, 0.5) is 10.5 Å². The highest BCUT2D eigenvalue weighted by Crippen LogP contribution is 2.23. The Kier molecular flexibility index (Phi) is 5.83. The molecule has 0 aliphatic carbocycles. The van der Waals surface area contributed by atoms with Crippen molar-refractivity contribution >= 4 is 11.7 Å². The van der Waals surface area contributed by atoms with Crippen molar-refractivity contribution in [1.82, 2.24) is 5.32 Å². The molecule has 1 unspecified atom stereocenters. The number of hydrogen-bond acceptors (Lipinski definition) is 2. The maximum absolute atomic E-state index is 12.1. The summed E-state index contributed by atoms with van der Waals surface area (Å²) in [6.07, 6.45) is 0.971. The fourth-order valence-electron chi connectivity index (χ4n) is 2.35. The van der Waals surface area contributed by atoms with E-state index in [1.807, 2.05) is 42.5 Å². The van der Waals surface area contributed by atoms with E-state index in [4.69, 9.17) is 4.74 Å². The Labute approximate surface area is 131 Å². The van der Waals surface area contributed by atoms with E-state index in [0.717, 1.165) is 6.42 Å². The molecule has 1 atom stereocenters. The van der Waals surface area contributed by atoms with Crippen LogP contribution in [0.2, 0.25) is 0 Å². The molecular weight excluding hydrogens is 276 g/mol. The maximum atomic E-state index is 12.1. The van der Waals surface area contributed by atoms with Crippen LogP contribution in [0.15, 0.2) is 54.6 Å². The van der Waals surface area contributed by atoms with Crippen molar-refractivity contribution < 1.29 is 9.53 Å². The molecule has 0 aliphatic rings. The molecule has 22 heavy (non-hydrogen) atoms. The van der Waals surface area contributed by atoms with Gasteiger partial charge in [-0.1, -0.05) is 49.4 Å². The highest BCUT2D eigenvalue weighted by molar-refractivity contribution is 5.90. The van der Waals surface area contributed by atoms with Gasteiger partial charge in [-0.25, -0.2) is 4.79 Å². The molecule has 2 aromatic rings. The van der Waals surface area contributed by atoms with Crippen LogP contribution in [0.5, 0.6) is 5.75 Å².